The molecule has 0 aliphatic heterocycles. The zero-order chi connectivity index (χ0) is 8.43. The first-order valence-corrected chi connectivity index (χ1v) is 3.50. The average Bonchev–Trinajstić information content (AvgIpc) is 2.09. The average molecular weight is 155 g/mol. The Hall–Kier alpha value is -1.10. The van der Waals surface area contributed by atoms with Crippen LogP contribution >= 0.6 is 0 Å². The molecular formula is C6H13N5. The second-order valence-electron chi connectivity index (χ2n) is 2.69. The molecule has 0 fully saturated rings. The van der Waals surface area contributed by atoms with E-state index >= 15 is 0 Å². The number of aromatic nitrogens is 3. The summed E-state index contributed by atoms with van der Waals surface area (Å²) in [5, 5.41) is 3.89. The van der Waals surface area contributed by atoms with Gasteiger partial charge in [0.15, 0.2) is 0 Å². The molecular weight excluding hydrogens is 142 g/mol. The lowest BCUT2D eigenvalue weighted by Gasteiger charge is -2.01. The lowest BCUT2D eigenvalue weighted by atomic mass is 10.2. The standard InChI is InChI=1S/C6H13N5/c1-4(7)3-5-9-6(8)10-11(5)2/h4H,3,7H2,1-2H3,(H2,8,10). The van der Waals surface area contributed by atoms with Gasteiger partial charge in [0, 0.05) is 19.5 Å². The monoisotopic (exact) mass is 155 g/mol. The van der Waals surface area contributed by atoms with E-state index in [1.54, 1.807) is 11.7 Å². The van der Waals surface area contributed by atoms with Gasteiger partial charge in [-0.05, 0) is 6.92 Å². The first-order chi connectivity index (χ1) is 5.09. The molecule has 0 aliphatic carbocycles. The Balaban J connectivity index is 2.77. The maximum absolute atomic E-state index is 5.58. The minimum Gasteiger partial charge on any atom is -0.366 e. The lowest BCUT2D eigenvalue weighted by Crippen LogP contribution is -2.20. The van der Waals surface area contributed by atoms with Gasteiger partial charge in [0.25, 0.3) is 0 Å². The van der Waals surface area contributed by atoms with Gasteiger partial charge >= 0.3 is 0 Å². The second kappa shape index (κ2) is 2.87. The molecule has 1 heterocycles. The van der Waals surface area contributed by atoms with Crippen molar-refractivity contribution < 1.29 is 0 Å². The third kappa shape index (κ3) is 1.91. The quantitative estimate of drug-likeness (QED) is 0.591. The summed E-state index contributed by atoms with van der Waals surface area (Å²) in [7, 11) is 1.81. The number of hydrogen-bond acceptors (Lipinski definition) is 4. The van der Waals surface area contributed by atoms with Crippen molar-refractivity contribution in [2.45, 2.75) is 19.4 Å². The summed E-state index contributed by atoms with van der Waals surface area (Å²) in [6.45, 7) is 1.92. The maximum Gasteiger partial charge on any atom is 0.239 e. The molecule has 0 amide bonds. The Morgan fingerprint density at radius 2 is 2.27 bits per heavy atom. The molecule has 62 valence electrons. The van der Waals surface area contributed by atoms with Crippen molar-refractivity contribution in [3.8, 4) is 0 Å². The zero-order valence-electron chi connectivity index (χ0n) is 6.78. The van der Waals surface area contributed by atoms with E-state index in [0.29, 0.717) is 12.4 Å². The van der Waals surface area contributed by atoms with Crippen LogP contribution in [0.1, 0.15) is 12.7 Å². The third-order valence-corrected chi connectivity index (χ3v) is 1.37. The van der Waals surface area contributed by atoms with Crippen LogP contribution in [0.3, 0.4) is 0 Å². The van der Waals surface area contributed by atoms with Crippen molar-refractivity contribution in [3.63, 3.8) is 0 Å². The van der Waals surface area contributed by atoms with Crippen LogP contribution in [0.15, 0.2) is 0 Å². The summed E-state index contributed by atoms with van der Waals surface area (Å²) < 4.78 is 1.65. The second-order valence-corrected chi connectivity index (χ2v) is 2.69. The van der Waals surface area contributed by atoms with Gasteiger partial charge in [0.1, 0.15) is 5.82 Å². The number of anilines is 1. The molecule has 11 heavy (non-hydrogen) atoms. The SMILES string of the molecule is CC(N)Cc1nc(N)nn1C. The largest absolute Gasteiger partial charge is 0.366 e. The molecule has 0 aromatic carbocycles. The van der Waals surface area contributed by atoms with Gasteiger partial charge in [-0.15, -0.1) is 5.10 Å². The van der Waals surface area contributed by atoms with E-state index in [-0.39, 0.29) is 6.04 Å². The summed E-state index contributed by atoms with van der Waals surface area (Å²) in [4.78, 5) is 4.00. The Kier molecular flexibility index (Phi) is 2.09. The number of rotatable bonds is 2. The van der Waals surface area contributed by atoms with Crippen molar-refractivity contribution in [1.82, 2.24) is 14.8 Å². The molecule has 0 bridgehead atoms. The summed E-state index contributed by atoms with van der Waals surface area (Å²) in [5.41, 5.74) is 11.0. The predicted molar refractivity (Wildman–Crippen MR) is 42.8 cm³/mol. The molecule has 1 atom stereocenters. The third-order valence-electron chi connectivity index (χ3n) is 1.37. The van der Waals surface area contributed by atoms with Crippen LogP contribution in [0.5, 0.6) is 0 Å². The summed E-state index contributed by atoms with van der Waals surface area (Å²) >= 11 is 0. The van der Waals surface area contributed by atoms with Crippen molar-refractivity contribution in [2.75, 3.05) is 5.73 Å². The number of aryl methyl sites for hydroxylation is 1. The predicted octanol–water partition coefficient (Wildman–Crippen LogP) is -0.713. The number of nitrogen functional groups attached to an aromatic ring is 1. The fourth-order valence-electron chi connectivity index (χ4n) is 0.904. The Morgan fingerprint density at radius 1 is 1.64 bits per heavy atom. The fraction of sp³-hybridized carbons (Fsp3) is 0.667. The van der Waals surface area contributed by atoms with Crippen molar-refractivity contribution in [2.24, 2.45) is 12.8 Å². The van der Waals surface area contributed by atoms with Gasteiger partial charge < -0.3 is 11.5 Å². The molecule has 1 aromatic heterocycles. The van der Waals surface area contributed by atoms with Crippen LogP contribution in [-0.2, 0) is 13.5 Å². The summed E-state index contributed by atoms with van der Waals surface area (Å²) in [6.07, 6.45) is 0.709. The molecule has 5 nitrogen and oxygen atoms in total. The lowest BCUT2D eigenvalue weighted by molar-refractivity contribution is 0.639. The molecule has 1 rings (SSSR count). The van der Waals surface area contributed by atoms with Crippen molar-refractivity contribution in [1.29, 1.82) is 0 Å². The van der Waals surface area contributed by atoms with Crippen molar-refractivity contribution >= 4 is 5.95 Å². The highest BCUT2D eigenvalue weighted by Crippen LogP contribution is 1.99. The highest BCUT2D eigenvalue weighted by atomic mass is 15.4. The molecule has 0 spiro atoms. The summed E-state index contributed by atoms with van der Waals surface area (Å²) in [5.74, 6) is 1.14. The van der Waals surface area contributed by atoms with E-state index in [4.69, 9.17) is 11.5 Å². The number of nitrogens with two attached hydrogens (primary N) is 2. The van der Waals surface area contributed by atoms with Gasteiger partial charge in [-0.3, -0.25) is 4.68 Å². The normalized spacial score (nSPS) is 13.4. The topological polar surface area (TPSA) is 82.8 Å². The Morgan fingerprint density at radius 3 is 2.64 bits per heavy atom. The van der Waals surface area contributed by atoms with Crippen LogP contribution in [0.4, 0.5) is 5.95 Å². The first kappa shape index (κ1) is 8.00. The number of nitrogens with zero attached hydrogens (tertiary/aromatic N) is 3. The van der Waals surface area contributed by atoms with E-state index in [1.165, 1.54) is 0 Å². The maximum atomic E-state index is 5.58. The van der Waals surface area contributed by atoms with E-state index in [1.807, 2.05) is 6.92 Å². The van der Waals surface area contributed by atoms with Crippen LogP contribution in [0, 0.1) is 0 Å². The van der Waals surface area contributed by atoms with E-state index < -0.39 is 0 Å². The Labute approximate surface area is 65.4 Å². The highest BCUT2D eigenvalue weighted by Gasteiger charge is 2.05. The molecule has 0 aliphatic rings. The van der Waals surface area contributed by atoms with Gasteiger partial charge in [-0.1, -0.05) is 0 Å². The van der Waals surface area contributed by atoms with E-state index in [2.05, 4.69) is 10.1 Å². The van der Waals surface area contributed by atoms with Gasteiger partial charge in [-0.25, -0.2) is 0 Å². The Bertz CT molecular complexity index is 239. The molecule has 4 N–H and O–H groups in total. The smallest absolute Gasteiger partial charge is 0.239 e. The molecule has 1 aromatic rings. The molecule has 1 unspecified atom stereocenters. The van der Waals surface area contributed by atoms with Crippen LogP contribution in [0.2, 0.25) is 0 Å². The van der Waals surface area contributed by atoms with Crippen LogP contribution in [-0.4, -0.2) is 20.8 Å². The first-order valence-electron chi connectivity index (χ1n) is 3.50. The van der Waals surface area contributed by atoms with Gasteiger partial charge in [0.05, 0.1) is 0 Å². The molecule has 0 saturated carbocycles. The molecule has 0 saturated heterocycles. The molecule has 5 heteroatoms. The highest BCUT2D eigenvalue weighted by molar-refractivity contribution is 5.13. The van der Waals surface area contributed by atoms with E-state index in [0.717, 1.165) is 5.82 Å². The molecule has 0 radical (unpaired) electrons. The fourth-order valence-corrected chi connectivity index (χ4v) is 0.904. The zero-order valence-corrected chi connectivity index (χ0v) is 6.78. The van der Waals surface area contributed by atoms with E-state index in [9.17, 15) is 0 Å². The van der Waals surface area contributed by atoms with Gasteiger partial charge in [-0.2, -0.15) is 4.98 Å². The minimum absolute atomic E-state index is 0.0947. The van der Waals surface area contributed by atoms with Crippen LogP contribution < -0.4 is 11.5 Å². The number of hydrogen-bond donors (Lipinski definition) is 2. The summed E-state index contributed by atoms with van der Waals surface area (Å²) in [6, 6.07) is 0.0947. The minimum atomic E-state index is 0.0947. The van der Waals surface area contributed by atoms with Gasteiger partial charge in [0.2, 0.25) is 5.95 Å². The van der Waals surface area contributed by atoms with Crippen molar-refractivity contribution in [3.05, 3.63) is 5.82 Å². The van der Waals surface area contributed by atoms with Crippen LogP contribution in [0.25, 0.3) is 0 Å².